The molecule has 2 rings (SSSR count). The van der Waals surface area contributed by atoms with Gasteiger partial charge in [-0.15, -0.1) is 0 Å². The topological polar surface area (TPSA) is 64.6 Å². The molecule has 1 N–H and O–H groups in total. The average Bonchev–Trinajstić information content (AvgIpc) is 2.12. The lowest BCUT2D eigenvalue weighted by atomic mass is 10.2. The average molecular weight is 229 g/mol. The summed E-state index contributed by atoms with van der Waals surface area (Å²) in [5.41, 5.74) is 0.699. The number of hydrogen-bond acceptors (Lipinski definition) is 4. The van der Waals surface area contributed by atoms with E-state index in [9.17, 15) is 8.42 Å². The molecule has 6 heteroatoms. The van der Waals surface area contributed by atoms with Crippen molar-refractivity contribution < 1.29 is 18.2 Å². The molecule has 0 saturated carbocycles. The van der Waals surface area contributed by atoms with Gasteiger partial charge in [0.2, 0.25) is 10.0 Å². The molecule has 1 aromatic carbocycles. The lowest BCUT2D eigenvalue weighted by molar-refractivity contribution is -0.426. The van der Waals surface area contributed by atoms with Crippen LogP contribution < -0.4 is 4.72 Å². The molecule has 1 aliphatic heterocycles. The normalized spacial score (nSPS) is 21.0. The van der Waals surface area contributed by atoms with Crippen molar-refractivity contribution in [2.24, 2.45) is 0 Å². The van der Waals surface area contributed by atoms with E-state index in [1.165, 1.54) is 0 Å². The zero-order valence-electron chi connectivity index (χ0n) is 8.14. The molecule has 0 aromatic heterocycles. The third-order valence-corrected chi connectivity index (χ3v) is 3.68. The van der Waals surface area contributed by atoms with Gasteiger partial charge in [0, 0.05) is 0 Å². The third kappa shape index (κ3) is 2.18. The molecule has 15 heavy (non-hydrogen) atoms. The molecule has 82 valence electrons. The van der Waals surface area contributed by atoms with E-state index >= 15 is 0 Å². The Labute approximate surface area is 88.0 Å². The zero-order valence-corrected chi connectivity index (χ0v) is 8.95. The first-order chi connectivity index (χ1) is 7.09. The van der Waals surface area contributed by atoms with Crippen LogP contribution in [0.25, 0.3) is 0 Å². The van der Waals surface area contributed by atoms with E-state index in [0.717, 1.165) is 0 Å². The summed E-state index contributed by atoms with van der Waals surface area (Å²) in [5, 5.41) is 0. The Bertz CT molecular complexity index is 453. The summed E-state index contributed by atoms with van der Waals surface area (Å²) in [5.74, 6) is 0. The summed E-state index contributed by atoms with van der Waals surface area (Å²) in [4.78, 5) is 9.22. The van der Waals surface area contributed by atoms with E-state index in [1.807, 2.05) is 0 Å². The van der Waals surface area contributed by atoms with Crippen molar-refractivity contribution in [3.8, 4) is 0 Å². The first-order valence-corrected chi connectivity index (χ1v) is 5.94. The van der Waals surface area contributed by atoms with Crippen LogP contribution >= 0.6 is 0 Å². The molecule has 1 fully saturated rings. The summed E-state index contributed by atoms with van der Waals surface area (Å²) < 4.78 is 26.0. The number of aryl methyl sites for hydroxylation is 1. The van der Waals surface area contributed by atoms with Crippen LogP contribution in [0.4, 0.5) is 0 Å². The van der Waals surface area contributed by atoms with E-state index < -0.39 is 16.3 Å². The van der Waals surface area contributed by atoms with Gasteiger partial charge in [0.05, 0.1) is 4.90 Å². The standard InChI is InChI=1S/C9H11NO4S/c1-7-4-2-3-5-8(7)15(11,12)10-9-6-13-14-9/h2-5,9-10H,6H2,1H3. The van der Waals surface area contributed by atoms with Crippen molar-refractivity contribution in [2.45, 2.75) is 18.0 Å². The largest absolute Gasteiger partial charge is 0.243 e. The fraction of sp³-hybridized carbons (Fsp3) is 0.333. The van der Waals surface area contributed by atoms with Crippen LogP contribution in [0.1, 0.15) is 5.56 Å². The van der Waals surface area contributed by atoms with Crippen molar-refractivity contribution in [1.82, 2.24) is 4.72 Å². The Hall–Kier alpha value is -0.950. The smallest absolute Gasteiger partial charge is 0.231 e. The molecule has 1 unspecified atom stereocenters. The fourth-order valence-corrected chi connectivity index (χ4v) is 2.61. The quantitative estimate of drug-likeness (QED) is 0.769. The minimum absolute atomic E-state index is 0.241. The van der Waals surface area contributed by atoms with Gasteiger partial charge in [0.25, 0.3) is 0 Å². The fourth-order valence-electron chi connectivity index (χ4n) is 1.28. The van der Waals surface area contributed by atoms with E-state index in [2.05, 4.69) is 14.5 Å². The van der Waals surface area contributed by atoms with Crippen LogP contribution in [-0.4, -0.2) is 21.3 Å². The van der Waals surface area contributed by atoms with Crippen LogP contribution in [0.5, 0.6) is 0 Å². The van der Waals surface area contributed by atoms with Gasteiger partial charge in [-0.05, 0) is 18.6 Å². The van der Waals surface area contributed by atoms with Crippen molar-refractivity contribution in [1.29, 1.82) is 0 Å². The van der Waals surface area contributed by atoms with E-state index in [1.54, 1.807) is 31.2 Å². The van der Waals surface area contributed by atoms with Gasteiger partial charge in [0.15, 0.2) is 6.23 Å². The van der Waals surface area contributed by atoms with E-state index in [-0.39, 0.29) is 11.5 Å². The molecule has 0 bridgehead atoms. The highest BCUT2D eigenvalue weighted by molar-refractivity contribution is 7.89. The molecule has 0 amide bonds. The summed E-state index contributed by atoms with van der Waals surface area (Å²) in [6.07, 6.45) is -0.574. The first kappa shape index (κ1) is 10.6. The maximum Gasteiger partial charge on any atom is 0.243 e. The summed E-state index contributed by atoms with van der Waals surface area (Å²) in [6, 6.07) is 6.76. The Morgan fingerprint density at radius 1 is 1.40 bits per heavy atom. The highest BCUT2D eigenvalue weighted by atomic mass is 32.2. The second-order valence-corrected chi connectivity index (χ2v) is 4.94. The van der Waals surface area contributed by atoms with Crippen LogP contribution in [0, 0.1) is 6.92 Å². The van der Waals surface area contributed by atoms with Gasteiger partial charge in [-0.3, -0.25) is 0 Å². The van der Waals surface area contributed by atoms with Crippen LogP contribution in [0.15, 0.2) is 29.2 Å². The number of benzene rings is 1. The van der Waals surface area contributed by atoms with E-state index in [4.69, 9.17) is 0 Å². The van der Waals surface area contributed by atoms with Crippen molar-refractivity contribution >= 4 is 10.0 Å². The van der Waals surface area contributed by atoms with Gasteiger partial charge in [-0.1, -0.05) is 18.2 Å². The second kappa shape index (κ2) is 3.90. The number of hydrogen-bond donors (Lipinski definition) is 1. The van der Waals surface area contributed by atoms with Gasteiger partial charge >= 0.3 is 0 Å². The van der Waals surface area contributed by atoms with Crippen LogP contribution in [0.2, 0.25) is 0 Å². The lowest BCUT2D eigenvalue weighted by Gasteiger charge is -2.25. The second-order valence-electron chi connectivity index (χ2n) is 3.26. The molecule has 1 atom stereocenters. The lowest BCUT2D eigenvalue weighted by Crippen LogP contribution is -2.46. The van der Waals surface area contributed by atoms with Crippen LogP contribution in [-0.2, 0) is 19.8 Å². The number of sulfonamides is 1. The maximum absolute atomic E-state index is 11.8. The molecule has 1 saturated heterocycles. The number of rotatable bonds is 3. The minimum atomic E-state index is -3.51. The zero-order chi connectivity index (χ0) is 10.9. The first-order valence-electron chi connectivity index (χ1n) is 4.46. The summed E-state index contributed by atoms with van der Waals surface area (Å²) in [6.45, 7) is 1.98. The minimum Gasteiger partial charge on any atom is -0.231 e. The Morgan fingerprint density at radius 2 is 2.07 bits per heavy atom. The van der Waals surface area contributed by atoms with Crippen molar-refractivity contribution in [3.05, 3.63) is 29.8 Å². The third-order valence-electron chi connectivity index (χ3n) is 2.07. The monoisotopic (exact) mass is 229 g/mol. The van der Waals surface area contributed by atoms with Gasteiger partial charge in [-0.2, -0.15) is 4.72 Å². The molecule has 0 aliphatic carbocycles. The summed E-state index contributed by atoms with van der Waals surface area (Å²) in [7, 11) is -3.51. The van der Waals surface area contributed by atoms with Gasteiger partial charge < -0.3 is 0 Å². The Morgan fingerprint density at radius 3 is 2.60 bits per heavy atom. The molecule has 1 aliphatic rings. The molecular weight excluding hydrogens is 218 g/mol. The highest BCUT2D eigenvalue weighted by Gasteiger charge is 2.27. The summed E-state index contributed by atoms with van der Waals surface area (Å²) >= 11 is 0. The van der Waals surface area contributed by atoms with Gasteiger partial charge in [0.1, 0.15) is 6.61 Å². The molecule has 0 radical (unpaired) electrons. The molecule has 1 heterocycles. The Kier molecular flexibility index (Phi) is 2.74. The number of nitrogens with one attached hydrogen (secondary N) is 1. The predicted octanol–water partition coefficient (Wildman–Crippen LogP) is 0.561. The highest BCUT2D eigenvalue weighted by Crippen LogP contribution is 2.15. The molecule has 1 aromatic rings. The molecule has 0 spiro atoms. The van der Waals surface area contributed by atoms with Crippen molar-refractivity contribution in [3.63, 3.8) is 0 Å². The maximum atomic E-state index is 11.8. The molecule has 5 nitrogen and oxygen atoms in total. The van der Waals surface area contributed by atoms with Crippen molar-refractivity contribution in [2.75, 3.05) is 6.61 Å². The SMILES string of the molecule is Cc1ccccc1S(=O)(=O)NC1COO1. The van der Waals surface area contributed by atoms with E-state index in [0.29, 0.717) is 5.56 Å². The van der Waals surface area contributed by atoms with Gasteiger partial charge in [-0.25, -0.2) is 18.2 Å². The predicted molar refractivity (Wildman–Crippen MR) is 52.3 cm³/mol. The molecular formula is C9H11NO4S. The van der Waals surface area contributed by atoms with Crippen LogP contribution in [0.3, 0.4) is 0 Å². The Balaban J connectivity index is 2.24.